The molecule has 0 amide bonds. The largest absolute Gasteiger partial charge is 0.497 e. The fourth-order valence-corrected chi connectivity index (χ4v) is 3.72. The van der Waals surface area contributed by atoms with Crippen molar-refractivity contribution < 1.29 is 4.74 Å². The molecule has 0 saturated carbocycles. The minimum atomic E-state index is -0.0965. The van der Waals surface area contributed by atoms with Crippen molar-refractivity contribution in [1.82, 2.24) is 24.5 Å². The van der Waals surface area contributed by atoms with Crippen LogP contribution in [0.15, 0.2) is 66.1 Å². The number of fused-ring (bicyclic) bond motifs is 2. The average Bonchev–Trinajstić information content (AvgIpc) is 3.17. The predicted octanol–water partition coefficient (Wildman–Crippen LogP) is 3.70. The minimum absolute atomic E-state index is 0.0965. The van der Waals surface area contributed by atoms with Crippen LogP contribution in [0.3, 0.4) is 0 Å². The van der Waals surface area contributed by atoms with Crippen molar-refractivity contribution in [3.8, 4) is 17.0 Å². The zero-order valence-corrected chi connectivity index (χ0v) is 16.6. The summed E-state index contributed by atoms with van der Waals surface area (Å²) < 4.78 is 6.89. The molecule has 0 fully saturated rings. The first-order chi connectivity index (χ1) is 14.6. The summed E-state index contributed by atoms with van der Waals surface area (Å²) in [5.41, 5.74) is 5.01. The molecule has 0 aliphatic rings. The molecule has 0 saturated heterocycles. The molecule has 0 atom stereocenters. The van der Waals surface area contributed by atoms with Gasteiger partial charge in [0.05, 0.1) is 36.6 Å². The van der Waals surface area contributed by atoms with Crippen molar-refractivity contribution in [3.05, 3.63) is 82.8 Å². The minimum Gasteiger partial charge on any atom is -0.497 e. The zero-order valence-electron chi connectivity index (χ0n) is 16.6. The van der Waals surface area contributed by atoms with Crippen LogP contribution >= 0.6 is 0 Å². The van der Waals surface area contributed by atoms with Gasteiger partial charge >= 0.3 is 0 Å². The lowest BCUT2D eigenvalue weighted by atomic mass is 10.0. The van der Waals surface area contributed by atoms with Crippen LogP contribution in [0.25, 0.3) is 33.2 Å². The molecule has 3 heterocycles. The van der Waals surface area contributed by atoms with Gasteiger partial charge in [0.15, 0.2) is 0 Å². The second kappa shape index (κ2) is 7.11. The Labute approximate surface area is 172 Å². The molecule has 2 aromatic carbocycles. The third-order valence-corrected chi connectivity index (χ3v) is 5.25. The van der Waals surface area contributed by atoms with Gasteiger partial charge in [0.25, 0.3) is 5.56 Å². The van der Waals surface area contributed by atoms with Crippen molar-refractivity contribution in [3.63, 3.8) is 0 Å². The van der Waals surface area contributed by atoms with Gasteiger partial charge in [-0.1, -0.05) is 18.2 Å². The van der Waals surface area contributed by atoms with Crippen molar-refractivity contribution >= 4 is 21.9 Å². The van der Waals surface area contributed by atoms with Crippen molar-refractivity contribution in [1.29, 1.82) is 0 Å². The van der Waals surface area contributed by atoms with E-state index >= 15 is 0 Å². The summed E-state index contributed by atoms with van der Waals surface area (Å²) in [5, 5.41) is 1.51. The normalized spacial score (nSPS) is 11.3. The maximum atomic E-state index is 13.2. The Hall–Kier alpha value is -4.00. The van der Waals surface area contributed by atoms with Crippen LogP contribution in [0.5, 0.6) is 5.75 Å². The molecule has 0 unspecified atom stereocenters. The number of methoxy groups -OCH3 is 1. The molecule has 0 radical (unpaired) electrons. The molecule has 0 aliphatic carbocycles. The van der Waals surface area contributed by atoms with Crippen LogP contribution < -0.4 is 10.3 Å². The fourth-order valence-electron chi connectivity index (χ4n) is 3.72. The Morgan fingerprint density at radius 1 is 1.10 bits per heavy atom. The van der Waals surface area contributed by atoms with E-state index in [9.17, 15) is 4.79 Å². The summed E-state index contributed by atoms with van der Waals surface area (Å²) in [7, 11) is 1.63. The van der Waals surface area contributed by atoms with Gasteiger partial charge in [-0.25, -0.2) is 15.0 Å². The van der Waals surface area contributed by atoms with Gasteiger partial charge in [0, 0.05) is 17.1 Å². The van der Waals surface area contributed by atoms with Crippen molar-refractivity contribution in [2.24, 2.45) is 0 Å². The van der Waals surface area contributed by atoms with E-state index in [0.717, 1.165) is 39.2 Å². The standard InChI is InChI=1S/C23H19N5O2/c1-14-10-24-22-20(14)21(25-12-26-22)16-6-7-19-18(9-16)23(29)28(13-27-19)11-15-4-3-5-17(8-15)30-2/h3-10,12-13H,11H2,1-2H3,(H,24,25,26). The first-order valence-electron chi connectivity index (χ1n) is 9.55. The lowest BCUT2D eigenvalue weighted by Crippen LogP contribution is -2.21. The smallest absolute Gasteiger partial charge is 0.261 e. The van der Waals surface area contributed by atoms with E-state index in [4.69, 9.17) is 4.74 Å². The summed E-state index contributed by atoms with van der Waals surface area (Å²) in [6.07, 6.45) is 5.03. The van der Waals surface area contributed by atoms with Crippen molar-refractivity contribution in [2.45, 2.75) is 13.5 Å². The SMILES string of the molecule is COc1cccc(Cn2cnc3ccc(-c4ncnc5[nH]cc(C)c45)cc3c2=O)c1. The number of nitrogens with one attached hydrogen (secondary N) is 1. The van der Waals surface area contributed by atoms with E-state index in [-0.39, 0.29) is 5.56 Å². The maximum absolute atomic E-state index is 13.2. The number of rotatable bonds is 4. The predicted molar refractivity (Wildman–Crippen MR) is 116 cm³/mol. The first-order valence-corrected chi connectivity index (χ1v) is 9.55. The Bertz CT molecular complexity index is 1450. The van der Waals surface area contributed by atoms with Crippen LogP contribution in [-0.4, -0.2) is 31.6 Å². The molecule has 0 spiro atoms. The zero-order chi connectivity index (χ0) is 20.7. The molecule has 0 bridgehead atoms. The van der Waals surface area contributed by atoms with E-state index in [1.165, 1.54) is 6.33 Å². The van der Waals surface area contributed by atoms with E-state index in [1.54, 1.807) is 18.0 Å². The Morgan fingerprint density at radius 2 is 2.00 bits per heavy atom. The lowest BCUT2D eigenvalue weighted by molar-refractivity contribution is 0.414. The van der Waals surface area contributed by atoms with E-state index in [1.807, 2.05) is 55.6 Å². The molecule has 7 nitrogen and oxygen atoms in total. The van der Waals surface area contributed by atoms with Crippen LogP contribution in [0.4, 0.5) is 0 Å². The van der Waals surface area contributed by atoms with E-state index < -0.39 is 0 Å². The Morgan fingerprint density at radius 3 is 2.87 bits per heavy atom. The van der Waals surface area contributed by atoms with Crippen LogP contribution in [-0.2, 0) is 6.54 Å². The third kappa shape index (κ3) is 3.00. The van der Waals surface area contributed by atoms with E-state index in [2.05, 4.69) is 19.9 Å². The summed E-state index contributed by atoms with van der Waals surface area (Å²) in [6, 6.07) is 13.3. The van der Waals surface area contributed by atoms with Gasteiger partial charge in [-0.05, 0) is 42.3 Å². The van der Waals surface area contributed by atoms with Crippen LogP contribution in [0.1, 0.15) is 11.1 Å². The highest BCUT2D eigenvalue weighted by Crippen LogP contribution is 2.28. The highest BCUT2D eigenvalue weighted by molar-refractivity contribution is 5.95. The molecule has 0 aliphatic heterocycles. The number of H-pyrrole nitrogens is 1. The Kier molecular flexibility index (Phi) is 4.28. The molecule has 5 aromatic rings. The molecule has 7 heteroatoms. The number of aryl methyl sites for hydroxylation is 1. The summed E-state index contributed by atoms with van der Waals surface area (Å²) in [4.78, 5) is 29.6. The summed E-state index contributed by atoms with van der Waals surface area (Å²) in [5.74, 6) is 0.756. The van der Waals surface area contributed by atoms with Gasteiger partial charge in [0.1, 0.15) is 17.7 Å². The quantitative estimate of drug-likeness (QED) is 0.500. The number of hydrogen-bond donors (Lipinski definition) is 1. The fraction of sp³-hybridized carbons (Fsp3) is 0.130. The maximum Gasteiger partial charge on any atom is 0.261 e. The second-order valence-corrected chi connectivity index (χ2v) is 7.18. The molecular weight excluding hydrogens is 378 g/mol. The van der Waals surface area contributed by atoms with Gasteiger partial charge < -0.3 is 9.72 Å². The molecule has 1 N–H and O–H groups in total. The number of aromatic amines is 1. The number of aromatic nitrogens is 5. The monoisotopic (exact) mass is 397 g/mol. The summed E-state index contributed by atoms with van der Waals surface area (Å²) >= 11 is 0. The molecule has 30 heavy (non-hydrogen) atoms. The number of ether oxygens (including phenoxy) is 1. The van der Waals surface area contributed by atoms with Crippen LogP contribution in [0.2, 0.25) is 0 Å². The molecule has 5 rings (SSSR count). The van der Waals surface area contributed by atoms with Crippen LogP contribution in [0, 0.1) is 6.92 Å². The second-order valence-electron chi connectivity index (χ2n) is 7.18. The summed E-state index contributed by atoms with van der Waals surface area (Å²) in [6.45, 7) is 2.42. The highest BCUT2D eigenvalue weighted by Gasteiger charge is 2.13. The third-order valence-electron chi connectivity index (χ3n) is 5.25. The van der Waals surface area contributed by atoms with E-state index in [0.29, 0.717) is 17.4 Å². The van der Waals surface area contributed by atoms with Crippen molar-refractivity contribution in [2.75, 3.05) is 7.11 Å². The average molecular weight is 397 g/mol. The van der Waals surface area contributed by atoms with Gasteiger partial charge in [0.2, 0.25) is 0 Å². The molecular formula is C23H19N5O2. The lowest BCUT2D eigenvalue weighted by Gasteiger charge is -2.09. The van der Waals surface area contributed by atoms with Gasteiger partial charge in [-0.2, -0.15) is 0 Å². The Balaban J connectivity index is 1.62. The van der Waals surface area contributed by atoms with Gasteiger partial charge in [-0.3, -0.25) is 9.36 Å². The molecule has 148 valence electrons. The first kappa shape index (κ1) is 18.1. The number of hydrogen-bond acceptors (Lipinski definition) is 5. The number of benzene rings is 2. The number of nitrogens with zero attached hydrogens (tertiary/aromatic N) is 4. The van der Waals surface area contributed by atoms with Gasteiger partial charge in [-0.15, -0.1) is 0 Å². The highest BCUT2D eigenvalue weighted by atomic mass is 16.5. The topological polar surface area (TPSA) is 85.7 Å². The molecule has 3 aromatic heterocycles.